The Balaban J connectivity index is 1.81. The maximum Gasteiger partial charge on any atom is 0.191 e. The van der Waals surface area contributed by atoms with Crippen molar-refractivity contribution in [2.45, 2.75) is 56.6 Å². The highest BCUT2D eigenvalue weighted by atomic mass is 32.2. The number of hydrogen-bond donors (Lipinski definition) is 3. The SMILES string of the molecule is CCNC(=NCC(C)CSc1ccccc1OC)NC1CCC(O)CC1. The largest absolute Gasteiger partial charge is 0.496 e. The number of rotatable bonds is 8. The third-order valence-electron chi connectivity index (χ3n) is 4.54. The molecule has 1 aromatic rings. The molecule has 1 aliphatic rings. The molecule has 0 saturated heterocycles. The lowest BCUT2D eigenvalue weighted by Gasteiger charge is -2.27. The van der Waals surface area contributed by atoms with Crippen molar-refractivity contribution < 1.29 is 9.84 Å². The van der Waals surface area contributed by atoms with E-state index in [0.29, 0.717) is 12.0 Å². The van der Waals surface area contributed by atoms with E-state index >= 15 is 0 Å². The van der Waals surface area contributed by atoms with Crippen LogP contribution in [0.25, 0.3) is 0 Å². The first-order chi connectivity index (χ1) is 12.6. The fourth-order valence-corrected chi connectivity index (χ4v) is 4.04. The van der Waals surface area contributed by atoms with Crippen LogP contribution in [-0.2, 0) is 0 Å². The molecule has 0 aromatic heterocycles. The van der Waals surface area contributed by atoms with Crippen LogP contribution in [0.2, 0.25) is 0 Å². The quantitative estimate of drug-likeness (QED) is 0.367. The zero-order valence-electron chi connectivity index (χ0n) is 16.2. The average molecular weight is 380 g/mol. The molecule has 26 heavy (non-hydrogen) atoms. The summed E-state index contributed by atoms with van der Waals surface area (Å²) in [5.41, 5.74) is 0. The molecule has 0 heterocycles. The fraction of sp³-hybridized carbons (Fsp3) is 0.650. The Kier molecular flexibility index (Phi) is 9.12. The third kappa shape index (κ3) is 7.08. The number of nitrogens with zero attached hydrogens (tertiary/aromatic N) is 1. The van der Waals surface area contributed by atoms with E-state index in [1.165, 1.54) is 4.90 Å². The molecule has 2 rings (SSSR count). The number of aliphatic hydroxyl groups excluding tert-OH is 1. The van der Waals surface area contributed by atoms with Gasteiger partial charge in [-0.1, -0.05) is 19.1 Å². The van der Waals surface area contributed by atoms with E-state index in [-0.39, 0.29) is 6.10 Å². The molecular weight excluding hydrogens is 346 g/mol. The number of hydrogen-bond acceptors (Lipinski definition) is 4. The van der Waals surface area contributed by atoms with Crippen LogP contribution < -0.4 is 15.4 Å². The second kappa shape index (κ2) is 11.3. The van der Waals surface area contributed by atoms with Crippen molar-refractivity contribution in [3.05, 3.63) is 24.3 Å². The van der Waals surface area contributed by atoms with Crippen molar-refractivity contribution in [3.63, 3.8) is 0 Å². The van der Waals surface area contributed by atoms with Crippen LogP contribution in [0.3, 0.4) is 0 Å². The van der Waals surface area contributed by atoms with Gasteiger partial charge in [0.1, 0.15) is 5.75 Å². The molecule has 1 fully saturated rings. The van der Waals surface area contributed by atoms with Crippen molar-refractivity contribution in [1.29, 1.82) is 0 Å². The lowest BCUT2D eigenvalue weighted by molar-refractivity contribution is 0.120. The number of ether oxygens (including phenoxy) is 1. The van der Waals surface area contributed by atoms with Gasteiger partial charge in [-0.05, 0) is 50.7 Å². The number of thioether (sulfide) groups is 1. The zero-order chi connectivity index (χ0) is 18.8. The summed E-state index contributed by atoms with van der Waals surface area (Å²) in [5.74, 6) is 3.29. The first-order valence-electron chi connectivity index (χ1n) is 9.61. The second-order valence-corrected chi connectivity index (χ2v) is 8.00. The highest BCUT2D eigenvalue weighted by Gasteiger charge is 2.20. The van der Waals surface area contributed by atoms with E-state index < -0.39 is 0 Å². The van der Waals surface area contributed by atoms with Crippen molar-refractivity contribution in [2.75, 3.05) is 26.0 Å². The maximum absolute atomic E-state index is 9.65. The number of guanidine groups is 1. The molecular formula is C20H33N3O2S. The predicted molar refractivity (Wildman–Crippen MR) is 110 cm³/mol. The van der Waals surface area contributed by atoms with Gasteiger partial charge >= 0.3 is 0 Å². The van der Waals surface area contributed by atoms with E-state index in [1.54, 1.807) is 7.11 Å². The molecule has 5 nitrogen and oxygen atoms in total. The first kappa shape index (κ1) is 20.9. The third-order valence-corrected chi connectivity index (χ3v) is 5.92. The lowest BCUT2D eigenvalue weighted by atomic mass is 9.93. The van der Waals surface area contributed by atoms with E-state index in [2.05, 4.69) is 30.5 Å². The number of aliphatic imine (C=N–C) groups is 1. The zero-order valence-corrected chi connectivity index (χ0v) is 17.0. The average Bonchev–Trinajstić information content (AvgIpc) is 2.66. The molecule has 1 aliphatic carbocycles. The van der Waals surface area contributed by atoms with Gasteiger partial charge in [0.2, 0.25) is 0 Å². The van der Waals surface area contributed by atoms with Crippen LogP contribution in [0.15, 0.2) is 34.2 Å². The molecule has 1 aromatic carbocycles. The number of methoxy groups -OCH3 is 1. The van der Waals surface area contributed by atoms with Gasteiger partial charge in [0.15, 0.2) is 5.96 Å². The molecule has 1 atom stereocenters. The van der Waals surface area contributed by atoms with Crippen LogP contribution >= 0.6 is 11.8 Å². The summed E-state index contributed by atoms with van der Waals surface area (Å²) in [5, 5.41) is 16.5. The minimum atomic E-state index is -0.125. The molecule has 0 amide bonds. The first-order valence-corrected chi connectivity index (χ1v) is 10.6. The fourth-order valence-electron chi connectivity index (χ4n) is 3.00. The summed E-state index contributed by atoms with van der Waals surface area (Å²) in [6.45, 7) is 5.95. The van der Waals surface area contributed by atoms with Gasteiger partial charge in [-0.15, -0.1) is 11.8 Å². The smallest absolute Gasteiger partial charge is 0.191 e. The van der Waals surface area contributed by atoms with E-state index in [0.717, 1.165) is 56.2 Å². The summed E-state index contributed by atoms with van der Waals surface area (Å²) in [6, 6.07) is 8.55. The van der Waals surface area contributed by atoms with Crippen LogP contribution in [0, 0.1) is 5.92 Å². The highest BCUT2D eigenvalue weighted by molar-refractivity contribution is 7.99. The molecule has 3 N–H and O–H groups in total. The Bertz CT molecular complexity index is 560. The molecule has 6 heteroatoms. The van der Waals surface area contributed by atoms with Crippen molar-refractivity contribution in [3.8, 4) is 5.75 Å². The normalized spacial score (nSPS) is 21.9. The second-order valence-electron chi connectivity index (χ2n) is 6.94. The van der Waals surface area contributed by atoms with Crippen molar-refractivity contribution >= 4 is 17.7 Å². The number of benzene rings is 1. The monoisotopic (exact) mass is 379 g/mol. The standard InChI is InChI=1S/C20H33N3O2S/c1-4-21-20(23-16-9-11-17(24)12-10-16)22-13-15(2)14-26-19-8-6-5-7-18(19)25-3/h5-8,15-17,24H,4,9-14H2,1-3H3,(H2,21,22,23). The van der Waals surface area contributed by atoms with Gasteiger partial charge in [-0.3, -0.25) is 4.99 Å². The molecule has 0 spiro atoms. The van der Waals surface area contributed by atoms with Gasteiger partial charge in [0.25, 0.3) is 0 Å². The highest BCUT2D eigenvalue weighted by Crippen LogP contribution is 2.30. The Morgan fingerprint density at radius 2 is 2.04 bits per heavy atom. The minimum absolute atomic E-state index is 0.125. The van der Waals surface area contributed by atoms with Gasteiger partial charge in [-0.2, -0.15) is 0 Å². The molecule has 1 unspecified atom stereocenters. The Hall–Kier alpha value is -1.40. The molecule has 0 bridgehead atoms. The molecule has 0 radical (unpaired) electrons. The van der Waals surface area contributed by atoms with Crippen LogP contribution in [-0.4, -0.2) is 49.2 Å². The van der Waals surface area contributed by atoms with Crippen LogP contribution in [0.4, 0.5) is 0 Å². The van der Waals surface area contributed by atoms with E-state index in [1.807, 2.05) is 30.0 Å². The van der Waals surface area contributed by atoms with Crippen molar-refractivity contribution in [1.82, 2.24) is 10.6 Å². The Morgan fingerprint density at radius 1 is 1.31 bits per heavy atom. The molecule has 1 saturated carbocycles. The summed E-state index contributed by atoms with van der Waals surface area (Å²) in [6.07, 6.45) is 3.64. The van der Waals surface area contributed by atoms with Gasteiger partial charge < -0.3 is 20.5 Å². The number of aliphatic hydroxyl groups is 1. The van der Waals surface area contributed by atoms with Gasteiger partial charge in [0.05, 0.1) is 13.2 Å². The van der Waals surface area contributed by atoms with E-state index in [4.69, 9.17) is 9.73 Å². The topological polar surface area (TPSA) is 65.9 Å². The van der Waals surface area contributed by atoms with Crippen LogP contribution in [0.5, 0.6) is 5.75 Å². The number of nitrogens with one attached hydrogen (secondary N) is 2. The number of para-hydroxylation sites is 1. The van der Waals surface area contributed by atoms with E-state index in [9.17, 15) is 5.11 Å². The Morgan fingerprint density at radius 3 is 2.73 bits per heavy atom. The van der Waals surface area contributed by atoms with Crippen LogP contribution in [0.1, 0.15) is 39.5 Å². The molecule has 0 aliphatic heterocycles. The summed E-state index contributed by atoms with van der Waals surface area (Å²) in [4.78, 5) is 5.95. The summed E-state index contributed by atoms with van der Waals surface area (Å²) in [7, 11) is 1.71. The van der Waals surface area contributed by atoms with Gasteiger partial charge in [-0.25, -0.2) is 0 Å². The maximum atomic E-state index is 9.65. The lowest BCUT2D eigenvalue weighted by Crippen LogP contribution is -2.45. The summed E-state index contributed by atoms with van der Waals surface area (Å²) < 4.78 is 5.41. The predicted octanol–water partition coefficient (Wildman–Crippen LogP) is 3.28. The van der Waals surface area contributed by atoms with Gasteiger partial charge in [0, 0.05) is 29.8 Å². The molecule has 146 valence electrons. The minimum Gasteiger partial charge on any atom is -0.496 e. The Labute approximate surface area is 162 Å². The summed E-state index contributed by atoms with van der Waals surface area (Å²) >= 11 is 1.82. The van der Waals surface area contributed by atoms with Crippen molar-refractivity contribution in [2.24, 2.45) is 10.9 Å².